The fourth-order valence-corrected chi connectivity index (χ4v) is 3.79. The second-order valence-corrected chi connectivity index (χ2v) is 6.61. The molecule has 0 aliphatic rings. The molecule has 3 rings (SSSR count). The molecule has 23 heavy (non-hydrogen) atoms. The topological polar surface area (TPSA) is 38.3 Å². The van der Waals surface area contributed by atoms with Gasteiger partial charge in [-0.05, 0) is 43.3 Å². The highest BCUT2D eigenvalue weighted by atomic mass is 35.5. The van der Waals surface area contributed by atoms with Gasteiger partial charge in [-0.15, -0.1) is 11.3 Å². The van der Waals surface area contributed by atoms with Crippen LogP contribution in [-0.2, 0) is 0 Å². The first kappa shape index (κ1) is 16.1. The predicted molar refractivity (Wildman–Crippen MR) is 99.0 cm³/mol. The fourth-order valence-electron chi connectivity index (χ4n) is 2.19. The lowest BCUT2D eigenvalue weighted by Crippen LogP contribution is -2.04. The van der Waals surface area contributed by atoms with E-state index in [1.807, 2.05) is 43.3 Å². The molecule has 0 saturated heterocycles. The SMILES string of the molecule is CCOc1ccc(Nc2sc3cccc(Cl)c3c(=O)c2Cl)cc1. The van der Waals surface area contributed by atoms with Crippen molar-refractivity contribution in [3.8, 4) is 5.75 Å². The van der Waals surface area contributed by atoms with E-state index in [0.717, 1.165) is 16.1 Å². The van der Waals surface area contributed by atoms with E-state index in [4.69, 9.17) is 27.9 Å². The van der Waals surface area contributed by atoms with Crippen LogP contribution in [0.4, 0.5) is 10.7 Å². The van der Waals surface area contributed by atoms with Gasteiger partial charge in [0.25, 0.3) is 0 Å². The third-order valence-electron chi connectivity index (χ3n) is 3.24. The van der Waals surface area contributed by atoms with Crippen LogP contribution in [0.25, 0.3) is 10.1 Å². The van der Waals surface area contributed by atoms with E-state index >= 15 is 0 Å². The van der Waals surface area contributed by atoms with Gasteiger partial charge in [-0.25, -0.2) is 0 Å². The lowest BCUT2D eigenvalue weighted by molar-refractivity contribution is 0.340. The maximum atomic E-state index is 12.4. The number of fused-ring (bicyclic) bond motifs is 1. The van der Waals surface area contributed by atoms with Crippen LogP contribution in [-0.4, -0.2) is 6.61 Å². The van der Waals surface area contributed by atoms with E-state index in [0.29, 0.717) is 22.0 Å². The molecule has 6 heteroatoms. The highest BCUT2D eigenvalue weighted by Crippen LogP contribution is 2.34. The molecule has 0 unspecified atom stereocenters. The Morgan fingerprint density at radius 2 is 1.87 bits per heavy atom. The molecule has 0 radical (unpaired) electrons. The molecule has 2 aromatic carbocycles. The van der Waals surface area contributed by atoms with Crippen molar-refractivity contribution in [3.05, 3.63) is 62.7 Å². The second kappa shape index (κ2) is 6.79. The Balaban J connectivity index is 2.00. The van der Waals surface area contributed by atoms with Crippen LogP contribution < -0.4 is 15.5 Å². The van der Waals surface area contributed by atoms with Gasteiger partial charge in [0.1, 0.15) is 15.8 Å². The molecule has 1 aromatic heterocycles. The zero-order valence-corrected chi connectivity index (χ0v) is 14.6. The maximum Gasteiger partial charge on any atom is 0.210 e. The number of nitrogens with one attached hydrogen (secondary N) is 1. The smallest absolute Gasteiger partial charge is 0.210 e. The minimum absolute atomic E-state index is 0.143. The Kier molecular flexibility index (Phi) is 4.76. The maximum absolute atomic E-state index is 12.4. The molecule has 3 aromatic rings. The molecule has 0 aliphatic carbocycles. The molecule has 0 amide bonds. The molecule has 1 N–H and O–H groups in total. The van der Waals surface area contributed by atoms with Crippen LogP contribution in [0.5, 0.6) is 5.75 Å². The quantitative estimate of drug-likeness (QED) is 0.643. The van der Waals surface area contributed by atoms with E-state index in [-0.39, 0.29) is 10.5 Å². The standard InChI is InChI=1S/C17H13Cl2NO2S/c1-2-22-11-8-6-10(7-9-11)20-17-15(19)16(21)14-12(18)4-3-5-13(14)23-17/h3-9,20H,2H2,1H3. The summed E-state index contributed by atoms with van der Waals surface area (Å²) in [6.45, 7) is 2.55. The Morgan fingerprint density at radius 3 is 2.57 bits per heavy atom. The van der Waals surface area contributed by atoms with Crippen LogP contribution in [0.1, 0.15) is 6.92 Å². The van der Waals surface area contributed by atoms with Gasteiger partial charge in [0.2, 0.25) is 5.43 Å². The van der Waals surface area contributed by atoms with E-state index < -0.39 is 0 Å². The molecule has 0 bridgehead atoms. The Bertz CT molecular complexity index is 907. The van der Waals surface area contributed by atoms with Gasteiger partial charge in [-0.2, -0.15) is 0 Å². The molecule has 0 saturated carbocycles. The molecule has 118 valence electrons. The molecule has 0 fully saturated rings. The van der Waals surface area contributed by atoms with Crippen LogP contribution in [0.15, 0.2) is 47.3 Å². The summed E-state index contributed by atoms with van der Waals surface area (Å²) < 4.78 is 6.20. The molecule has 3 nitrogen and oxygen atoms in total. The monoisotopic (exact) mass is 365 g/mol. The van der Waals surface area contributed by atoms with Crippen LogP contribution >= 0.6 is 34.5 Å². The number of anilines is 2. The summed E-state index contributed by atoms with van der Waals surface area (Å²) in [5.74, 6) is 0.794. The van der Waals surface area contributed by atoms with Crippen molar-refractivity contribution in [1.82, 2.24) is 0 Å². The third-order valence-corrected chi connectivity index (χ3v) is 5.09. The molecular formula is C17H13Cl2NO2S. The lowest BCUT2D eigenvalue weighted by Gasteiger charge is -2.10. The van der Waals surface area contributed by atoms with Crippen molar-refractivity contribution in [1.29, 1.82) is 0 Å². The third kappa shape index (κ3) is 3.29. The number of hydrogen-bond acceptors (Lipinski definition) is 4. The summed E-state index contributed by atoms with van der Waals surface area (Å²) in [5.41, 5.74) is 0.562. The van der Waals surface area contributed by atoms with Gasteiger partial charge >= 0.3 is 0 Å². The van der Waals surface area contributed by atoms with E-state index in [1.54, 1.807) is 6.07 Å². The molecule has 0 spiro atoms. The number of benzene rings is 2. The summed E-state index contributed by atoms with van der Waals surface area (Å²) in [4.78, 5) is 12.4. The van der Waals surface area contributed by atoms with Gasteiger partial charge in [-0.1, -0.05) is 29.3 Å². The Morgan fingerprint density at radius 1 is 1.13 bits per heavy atom. The first-order valence-electron chi connectivity index (χ1n) is 7.01. The van der Waals surface area contributed by atoms with Gasteiger partial charge in [0.05, 0.1) is 17.0 Å². The van der Waals surface area contributed by atoms with Crippen molar-refractivity contribution in [2.24, 2.45) is 0 Å². The summed E-state index contributed by atoms with van der Waals surface area (Å²) in [7, 11) is 0. The zero-order valence-electron chi connectivity index (χ0n) is 12.2. The van der Waals surface area contributed by atoms with Gasteiger partial charge in [-0.3, -0.25) is 4.79 Å². The van der Waals surface area contributed by atoms with Crippen LogP contribution in [0.3, 0.4) is 0 Å². The molecule has 0 atom stereocenters. The van der Waals surface area contributed by atoms with E-state index in [2.05, 4.69) is 5.32 Å². The van der Waals surface area contributed by atoms with Crippen molar-refractivity contribution in [2.75, 3.05) is 11.9 Å². The summed E-state index contributed by atoms with van der Waals surface area (Å²) in [6.07, 6.45) is 0. The van der Waals surface area contributed by atoms with Crippen molar-refractivity contribution >= 4 is 55.3 Å². The number of rotatable bonds is 4. The van der Waals surface area contributed by atoms with Gasteiger partial charge in [0, 0.05) is 10.4 Å². The predicted octanol–water partition coefficient (Wildman–Crippen LogP) is 5.71. The summed E-state index contributed by atoms with van der Waals surface area (Å²) >= 11 is 13.7. The average Bonchev–Trinajstić information content (AvgIpc) is 2.54. The summed E-state index contributed by atoms with van der Waals surface area (Å²) in [6, 6.07) is 12.8. The normalized spacial score (nSPS) is 10.7. The zero-order chi connectivity index (χ0) is 16.4. The minimum atomic E-state index is -0.264. The Hall–Kier alpha value is -1.75. The lowest BCUT2D eigenvalue weighted by atomic mass is 10.2. The summed E-state index contributed by atoms with van der Waals surface area (Å²) in [5, 5.41) is 4.79. The average molecular weight is 366 g/mol. The van der Waals surface area contributed by atoms with Crippen molar-refractivity contribution < 1.29 is 4.74 Å². The highest BCUT2D eigenvalue weighted by Gasteiger charge is 2.13. The molecule has 1 heterocycles. The van der Waals surface area contributed by atoms with Gasteiger partial charge in [0.15, 0.2) is 0 Å². The van der Waals surface area contributed by atoms with Gasteiger partial charge < -0.3 is 10.1 Å². The van der Waals surface area contributed by atoms with Crippen molar-refractivity contribution in [3.63, 3.8) is 0 Å². The van der Waals surface area contributed by atoms with E-state index in [9.17, 15) is 4.79 Å². The number of ether oxygens (including phenoxy) is 1. The van der Waals surface area contributed by atoms with Crippen LogP contribution in [0.2, 0.25) is 10.0 Å². The number of halogens is 2. The first-order chi connectivity index (χ1) is 11.1. The Labute approximate surface area is 147 Å². The van der Waals surface area contributed by atoms with Crippen LogP contribution in [0, 0.1) is 0 Å². The number of hydrogen-bond donors (Lipinski definition) is 1. The fraction of sp³-hybridized carbons (Fsp3) is 0.118. The highest BCUT2D eigenvalue weighted by molar-refractivity contribution is 7.22. The first-order valence-corrected chi connectivity index (χ1v) is 8.58. The molecule has 0 aliphatic heterocycles. The van der Waals surface area contributed by atoms with E-state index in [1.165, 1.54) is 11.3 Å². The molecular weight excluding hydrogens is 353 g/mol. The van der Waals surface area contributed by atoms with Crippen molar-refractivity contribution in [2.45, 2.75) is 6.92 Å². The second-order valence-electron chi connectivity index (χ2n) is 4.77. The minimum Gasteiger partial charge on any atom is -0.494 e. The largest absolute Gasteiger partial charge is 0.494 e.